The van der Waals surface area contributed by atoms with Crippen LogP contribution in [0.5, 0.6) is 5.75 Å². The number of benzene rings is 2. The molecule has 1 aliphatic heterocycles. The zero-order valence-electron chi connectivity index (χ0n) is 17.5. The number of fused-ring (bicyclic) bond motifs is 3. The van der Waals surface area contributed by atoms with Crippen LogP contribution < -0.4 is 14.9 Å². The molecule has 1 aliphatic rings. The van der Waals surface area contributed by atoms with Crippen molar-refractivity contribution in [2.24, 2.45) is 12.0 Å². The van der Waals surface area contributed by atoms with Crippen LogP contribution in [0.25, 0.3) is 11.3 Å². The molecule has 1 atom stereocenters. The Morgan fingerprint density at radius 2 is 2.03 bits per heavy atom. The molecule has 0 aliphatic carbocycles. The second kappa shape index (κ2) is 9.03. The molecule has 0 saturated heterocycles. The molecule has 0 saturated carbocycles. The number of thiazole rings is 1. The van der Waals surface area contributed by atoms with E-state index < -0.39 is 6.04 Å². The molecule has 2 heterocycles. The normalized spacial score (nSPS) is 14.4. The summed E-state index contributed by atoms with van der Waals surface area (Å²) in [7, 11) is 3.33. The van der Waals surface area contributed by atoms with Crippen LogP contribution in [-0.4, -0.2) is 29.8 Å². The maximum atomic E-state index is 12.6. The topological polar surface area (TPSA) is 72.7 Å². The molecule has 162 valence electrons. The molecule has 8 heteroatoms. The van der Waals surface area contributed by atoms with Crippen molar-refractivity contribution in [2.45, 2.75) is 12.5 Å². The summed E-state index contributed by atoms with van der Waals surface area (Å²) in [6.07, 6.45) is 5.34. The van der Waals surface area contributed by atoms with Gasteiger partial charge in [0.05, 0.1) is 42.4 Å². The second-order valence-electron chi connectivity index (χ2n) is 7.24. The number of terminal acetylenes is 1. The van der Waals surface area contributed by atoms with Gasteiger partial charge >= 0.3 is 4.87 Å². The Bertz CT molecular complexity index is 1320. The van der Waals surface area contributed by atoms with Crippen molar-refractivity contribution >= 4 is 34.6 Å². The van der Waals surface area contributed by atoms with Crippen molar-refractivity contribution in [1.29, 1.82) is 0 Å². The minimum atomic E-state index is -0.550. The molecule has 0 fully saturated rings. The van der Waals surface area contributed by atoms with E-state index in [2.05, 4.69) is 11.2 Å². The third kappa shape index (κ3) is 4.07. The summed E-state index contributed by atoms with van der Waals surface area (Å²) < 4.78 is 7.07. The summed E-state index contributed by atoms with van der Waals surface area (Å²) in [6, 6.07) is 12.5. The summed E-state index contributed by atoms with van der Waals surface area (Å²) in [5.41, 5.74) is 3.95. The number of nitrogens with one attached hydrogen (secondary N) is 1. The van der Waals surface area contributed by atoms with E-state index in [1.54, 1.807) is 30.9 Å². The first kappa shape index (κ1) is 21.9. The fourth-order valence-electron chi connectivity index (χ4n) is 3.72. The lowest BCUT2D eigenvalue weighted by Gasteiger charge is -2.13. The third-order valence-electron chi connectivity index (χ3n) is 5.25. The summed E-state index contributed by atoms with van der Waals surface area (Å²) in [5.74, 6) is 2.83. The number of nitrogens with zero attached hydrogens (tertiary/aromatic N) is 2. The van der Waals surface area contributed by atoms with E-state index in [1.807, 2.05) is 30.3 Å². The van der Waals surface area contributed by atoms with E-state index >= 15 is 0 Å². The lowest BCUT2D eigenvalue weighted by Crippen LogP contribution is -2.25. The highest BCUT2D eigenvalue weighted by atomic mass is 35.5. The minimum absolute atomic E-state index is 0.0663. The highest BCUT2D eigenvalue weighted by molar-refractivity contribution is 7.09. The minimum Gasteiger partial charge on any atom is -0.497 e. The molecule has 1 unspecified atom stereocenters. The quantitative estimate of drug-likeness (QED) is 0.582. The number of carbonyl (C=O) groups is 1. The Balaban J connectivity index is 1.96. The van der Waals surface area contributed by atoms with Gasteiger partial charge in [0.1, 0.15) is 5.75 Å². The Hall–Kier alpha value is -3.34. The van der Waals surface area contributed by atoms with E-state index in [9.17, 15) is 9.59 Å². The largest absolute Gasteiger partial charge is 0.497 e. The molecule has 0 bridgehead atoms. The number of halogens is 1. The second-order valence-corrected chi connectivity index (χ2v) is 8.67. The van der Waals surface area contributed by atoms with Crippen LogP contribution >= 0.6 is 22.9 Å². The molecule has 2 aromatic carbocycles. The van der Waals surface area contributed by atoms with Crippen molar-refractivity contribution in [3.63, 3.8) is 0 Å². The maximum absolute atomic E-state index is 12.6. The number of methoxy groups -OCH3 is 1. The third-order valence-corrected chi connectivity index (χ3v) is 6.63. The first-order valence-electron chi connectivity index (χ1n) is 9.85. The van der Waals surface area contributed by atoms with E-state index in [4.69, 9.17) is 27.8 Å². The number of aliphatic imine (C=N–C) groups is 1. The zero-order valence-corrected chi connectivity index (χ0v) is 19.1. The summed E-state index contributed by atoms with van der Waals surface area (Å²) in [5, 5.41) is 3.30. The van der Waals surface area contributed by atoms with Gasteiger partial charge in [0.15, 0.2) is 0 Å². The number of ether oxygens (including phenoxy) is 1. The summed E-state index contributed by atoms with van der Waals surface area (Å²) in [6.45, 7) is 0.134. The summed E-state index contributed by atoms with van der Waals surface area (Å²) in [4.78, 5) is 30.8. The lowest BCUT2D eigenvalue weighted by molar-refractivity contribution is -0.121. The highest BCUT2D eigenvalue weighted by Gasteiger charge is 2.30. The number of hydrogen-bond donors (Lipinski definition) is 1. The van der Waals surface area contributed by atoms with Crippen molar-refractivity contribution in [2.75, 3.05) is 13.7 Å². The Kier molecular flexibility index (Phi) is 6.17. The van der Waals surface area contributed by atoms with E-state index in [0.717, 1.165) is 38.6 Å². The van der Waals surface area contributed by atoms with Gasteiger partial charge in [0, 0.05) is 28.8 Å². The van der Waals surface area contributed by atoms with Gasteiger partial charge in [0.2, 0.25) is 5.91 Å². The van der Waals surface area contributed by atoms with Crippen LogP contribution in [0.15, 0.2) is 52.3 Å². The van der Waals surface area contributed by atoms with Gasteiger partial charge in [-0.3, -0.25) is 14.6 Å². The van der Waals surface area contributed by atoms with Crippen LogP contribution in [0.4, 0.5) is 0 Å². The zero-order chi connectivity index (χ0) is 22.8. The van der Waals surface area contributed by atoms with E-state index in [-0.39, 0.29) is 23.7 Å². The highest BCUT2D eigenvalue weighted by Crippen LogP contribution is 2.41. The van der Waals surface area contributed by atoms with Gasteiger partial charge in [-0.25, -0.2) is 0 Å². The molecule has 3 aromatic rings. The maximum Gasteiger partial charge on any atom is 0.307 e. The van der Waals surface area contributed by atoms with Crippen LogP contribution in [0.3, 0.4) is 0 Å². The average Bonchev–Trinajstić information content (AvgIpc) is 3.02. The van der Waals surface area contributed by atoms with E-state index in [0.29, 0.717) is 16.5 Å². The van der Waals surface area contributed by atoms with Gasteiger partial charge in [-0.15, -0.1) is 6.42 Å². The molecule has 1 aromatic heterocycles. The number of aromatic nitrogens is 1. The molecule has 1 amide bonds. The number of hydrogen-bond acceptors (Lipinski definition) is 5. The van der Waals surface area contributed by atoms with Gasteiger partial charge in [-0.05, 0) is 30.3 Å². The standard InChI is InChI=1S/C24H20ClN3O3S/c1-4-11-26-20(29)13-19-23-22(28(2)24(30)32-23)17-10-9-16(31-3)12-18(17)21(27-19)14-5-7-15(25)8-6-14/h1,5-10,12,19H,11,13H2,2-3H3,(H,26,29). The molecule has 4 rings (SSSR count). The molecular formula is C24H20ClN3O3S. The van der Waals surface area contributed by atoms with Gasteiger partial charge in [-0.2, -0.15) is 0 Å². The van der Waals surface area contributed by atoms with E-state index in [1.165, 1.54) is 0 Å². The monoisotopic (exact) mass is 465 g/mol. The van der Waals surface area contributed by atoms with Gasteiger partial charge in [-0.1, -0.05) is 41.0 Å². The van der Waals surface area contributed by atoms with Crippen LogP contribution in [0, 0.1) is 12.3 Å². The lowest BCUT2D eigenvalue weighted by atomic mass is 9.95. The summed E-state index contributed by atoms with van der Waals surface area (Å²) >= 11 is 7.21. The van der Waals surface area contributed by atoms with Gasteiger partial charge < -0.3 is 14.6 Å². The molecule has 0 radical (unpaired) electrons. The Labute approximate surface area is 194 Å². The predicted molar refractivity (Wildman–Crippen MR) is 128 cm³/mol. The van der Waals surface area contributed by atoms with Crippen molar-refractivity contribution in [1.82, 2.24) is 9.88 Å². The van der Waals surface area contributed by atoms with Gasteiger partial charge in [0.25, 0.3) is 0 Å². The number of carbonyl (C=O) groups excluding carboxylic acids is 1. The molecule has 0 spiro atoms. The van der Waals surface area contributed by atoms with Crippen molar-refractivity contribution < 1.29 is 9.53 Å². The Morgan fingerprint density at radius 3 is 2.72 bits per heavy atom. The first-order valence-corrected chi connectivity index (χ1v) is 11.0. The fraction of sp³-hybridized carbons (Fsp3) is 0.208. The molecule has 6 nitrogen and oxygen atoms in total. The molecular weight excluding hydrogens is 446 g/mol. The molecule has 32 heavy (non-hydrogen) atoms. The number of rotatable bonds is 5. The van der Waals surface area contributed by atoms with Crippen LogP contribution in [0.1, 0.15) is 28.5 Å². The first-order chi connectivity index (χ1) is 15.4. The average molecular weight is 466 g/mol. The SMILES string of the molecule is C#CCNC(=O)CC1N=C(c2ccc(Cl)cc2)c2cc(OC)ccc2-c2c1sc(=O)n2C. The predicted octanol–water partition coefficient (Wildman–Crippen LogP) is 3.81. The number of amides is 1. The van der Waals surface area contributed by atoms with Crippen LogP contribution in [-0.2, 0) is 11.8 Å². The molecule has 1 N–H and O–H groups in total. The van der Waals surface area contributed by atoms with Crippen molar-refractivity contribution in [3.05, 3.63) is 73.2 Å². The van der Waals surface area contributed by atoms with Crippen molar-refractivity contribution in [3.8, 4) is 29.4 Å². The smallest absolute Gasteiger partial charge is 0.307 e. The fourth-order valence-corrected chi connectivity index (χ4v) is 4.87. The van der Waals surface area contributed by atoms with Crippen LogP contribution in [0.2, 0.25) is 5.02 Å². The Morgan fingerprint density at radius 1 is 1.28 bits per heavy atom.